The first-order valence-corrected chi connectivity index (χ1v) is 9.91. The molecule has 1 aliphatic carbocycles. The summed E-state index contributed by atoms with van der Waals surface area (Å²) >= 11 is 0. The van der Waals surface area contributed by atoms with Crippen molar-refractivity contribution in [3.8, 4) is 0 Å². The van der Waals surface area contributed by atoms with Gasteiger partial charge in [-0.1, -0.05) is 12.8 Å². The van der Waals surface area contributed by atoms with Crippen molar-refractivity contribution in [1.82, 2.24) is 18.4 Å². The predicted octanol–water partition coefficient (Wildman–Crippen LogP) is -0.313. The van der Waals surface area contributed by atoms with Gasteiger partial charge < -0.3 is 0 Å². The highest BCUT2D eigenvalue weighted by molar-refractivity contribution is 7.86. The molecule has 0 bridgehead atoms. The highest BCUT2D eigenvalue weighted by Gasteiger charge is 2.52. The average molecular weight is 358 g/mol. The van der Waals surface area contributed by atoms with Gasteiger partial charge in [-0.3, -0.25) is 19.4 Å². The van der Waals surface area contributed by atoms with Gasteiger partial charge in [-0.15, -0.1) is 0 Å². The highest BCUT2D eigenvalue weighted by Crippen LogP contribution is 2.46. The van der Waals surface area contributed by atoms with Crippen LogP contribution in [0.2, 0.25) is 0 Å². The summed E-state index contributed by atoms with van der Waals surface area (Å²) in [4.78, 5) is 28.4. The van der Waals surface area contributed by atoms with E-state index in [9.17, 15) is 18.0 Å². The van der Waals surface area contributed by atoms with Gasteiger partial charge in [-0.05, 0) is 12.8 Å². The molecule has 3 rings (SSSR count). The highest BCUT2D eigenvalue weighted by atomic mass is 32.2. The van der Waals surface area contributed by atoms with Crippen LogP contribution in [0.5, 0.6) is 0 Å². The van der Waals surface area contributed by atoms with E-state index in [-0.39, 0.29) is 18.5 Å². The van der Waals surface area contributed by atoms with Crippen LogP contribution >= 0.6 is 0 Å². The molecule has 2 heterocycles. The van der Waals surface area contributed by atoms with Crippen molar-refractivity contribution in [1.29, 1.82) is 0 Å². The largest absolute Gasteiger partial charge is 0.283 e. The number of nitrogens with zero attached hydrogens (tertiary/aromatic N) is 4. The minimum absolute atomic E-state index is 0.0201. The molecule has 0 aromatic heterocycles. The molecule has 1 saturated carbocycles. The normalized spacial score (nSPS) is 26.2. The molecular formula is C15H26N4O4S. The molecule has 0 atom stereocenters. The minimum atomic E-state index is -3.40. The van der Waals surface area contributed by atoms with E-state index in [1.54, 1.807) is 0 Å². The van der Waals surface area contributed by atoms with Crippen LogP contribution in [-0.2, 0) is 19.8 Å². The summed E-state index contributed by atoms with van der Waals surface area (Å²) in [6.07, 6.45) is 4.04. The van der Waals surface area contributed by atoms with E-state index in [0.717, 1.165) is 25.7 Å². The molecule has 3 aliphatic rings. The Bertz CT molecular complexity index is 619. The number of hydrogen-bond acceptors (Lipinski definition) is 5. The first-order chi connectivity index (χ1) is 11.3. The summed E-state index contributed by atoms with van der Waals surface area (Å²) < 4.78 is 26.9. The van der Waals surface area contributed by atoms with E-state index >= 15 is 0 Å². The number of piperazine rings is 1. The lowest BCUT2D eigenvalue weighted by molar-refractivity contribution is -0.144. The molecule has 8 nitrogen and oxygen atoms in total. The summed E-state index contributed by atoms with van der Waals surface area (Å²) in [5.41, 5.74) is -0.437. The van der Waals surface area contributed by atoms with E-state index in [2.05, 4.69) is 0 Å². The molecule has 0 aromatic rings. The van der Waals surface area contributed by atoms with Crippen molar-refractivity contribution in [2.24, 2.45) is 5.41 Å². The maximum atomic E-state index is 12.7. The summed E-state index contributed by atoms with van der Waals surface area (Å²) in [5.74, 6) is -0.0985. The molecule has 0 N–H and O–H groups in total. The number of rotatable bonds is 4. The second-order valence-corrected chi connectivity index (χ2v) is 9.38. The van der Waals surface area contributed by atoms with E-state index < -0.39 is 15.6 Å². The Morgan fingerprint density at radius 1 is 1.04 bits per heavy atom. The van der Waals surface area contributed by atoms with Crippen molar-refractivity contribution in [2.45, 2.75) is 32.1 Å². The van der Waals surface area contributed by atoms with Gasteiger partial charge in [0.05, 0.1) is 12.1 Å². The van der Waals surface area contributed by atoms with Gasteiger partial charge in [0.15, 0.2) is 0 Å². The molecule has 0 unspecified atom stereocenters. The Hall–Kier alpha value is -1.03. The second kappa shape index (κ2) is 6.36. The van der Waals surface area contributed by atoms with Crippen molar-refractivity contribution in [3.63, 3.8) is 0 Å². The predicted molar refractivity (Wildman–Crippen MR) is 88.0 cm³/mol. The monoisotopic (exact) mass is 358 g/mol. The Labute approximate surface area is 143 Å². The van der Waals surface area contributed by atoms with Gasteiger partial charge in [-0.25, -0.2) is 0 Å². The molecule has 0 aromatic carbocycles. The molecule has 2 amide bonds. The SMILES string of the molecule is CN(C)S(=O)(=O)N1CCN(CN2C(=O)CC3(CCCC3)C2=O)CC1. The zero-order valence-electron chi connectivity index (χ0n) is 14.4. The van der Waals surface area contributed by atoms with Crippen molar-refractivity contribution in [2.75, 3.05) is 46.9 Å². The van der Waals surface area contributed by atoms with Crippen LogP contribution in [0.25, 0.3) is 0 Å². The van der Waals surface area contributed by atoms with Crippen LogP contribution in [0.15, 0.2) is 0 Å². The van der Waals surface area contributed by atoms with Gasteiger partial charge in [-0.2, -0.15) is 17.0 Å². The standard InChI is InChI=1S/C15H26N4O4S/c1-16(2)24(22,23)18-9-7-17(8-10-18)12-19-13(20)11-15(14(19)21)5-3-4-6-15/h3-12H2,1-2H3. The third-order valence-corrected chi connectivity index (χ3v) is 7.45. The Balaban J connectivity index is 1.59. The third kappa shape index (κ3) is 2.98. The van der Waals surface area contributed by atoms with E-state index in [0.29, 0.717) is 32.6 Å². The molecular weight excluding hydrogens is 332 g/mol. The smallest absolute Gasteiger partial charge is 0.281 e. The van der Waals surface area contributed by atoms with Crippen molar-refractivity contribution < 1.29 is 18.0 Å². The topological polar surface area (TPSA) is 81.2 Å². The quantitative estimate of drug-likeness (QED) is 0.644. The second-order valence-electron chi connectivity index (χ2n) is 7.24. The summed E-state index contributed by atoms with van der Waals surface area (Å²) in [5, 5.41) is 0. The van der Waals surface area contributed by atoms with Gasteiger partial charge in [0, 0.05) is 46.7 Å². The van der Waals surface area contributed by atoms with Crippen LogP contribution in [0, 0.1) is 5.41 Å². The number of amides is 2. The van der Waals surface area contributed by atoms with E-state index in [1.165, 1.54) is 27.6 Å². The van der Waals surface area contributed by atoms with Gasteiger partial charge in [0.1, 0.15) is 0 Å². The third-order valence-electron chi connectivity index (χ3n) is 5.51. The van der Waals surface area contributed by atoms with E-state index in [4.69, 9.17) is 0 Å². The van der Waals surface area contributed by atoms with Crippen LogP contribution < -0.4 is 0 Å². The lowest BCUT2D eigenvalue weighted by Gasteiger charge is -2.36. The number of hydrogen-bond donors (Lipinski definition) is 0. The Kier molecular flexibility index (Phi) is 4.71. The average Bonchev–Trinajstić information content (AvgIpc) is 3.09. The minimum Gasteiger partial charge on any atom is -0.283 e. The summed E-state index contributed by atoms with van der Waals surface area (Å²) in [6, 6.07) is 0. The van der Waals surface area contributed by atoms with E-state index in [1.807, 2.05) is 4.90 Å². The fraction of sp³-hybridized carbons (Fsp3) is 0.867. The number of likely N-dealkylation sites (tertiary alicyclic amines) is 1. The number of carbonyl (C=O) groups is 2. The molecule has 2 saturated heterocycles. The number of carbonyl (C=O) groups excluding carboxylic acids is 2. The van der Waals surface area contributed by atoms with Gasteiger partial charge >= 0.3 is 0 Å². The lowest BCUT2D eigenvalue weighted by atomic mass is 9.85. The Morgan fingerprint density at radius 3 is 2.17 bits per heavy atom. The lowest BCUT2D eigenvalue weighted by Crippen LogP contribution is -2.54. The fourth-order valence-corrected chi connectivity index (χ4v) is 5.06. The zero-order chi connectivity index (χ0) is 17.5. The molecule has 0 radical (unpaired) electrons. The zero-order valence-corrected chi connectivity index (χ0v) is 15.2. The van der Waals surface area contributed by atoms with Crippen LogP contribution in [0.4, 0.5) is 0 Å². The fourth-order valence-electron chi connectivity index (χ4n) is 3.98. The summed E-state index contributed by atoms with van der Waals surface area (Å²) in [6.45, 7) is 2.09. The van der Waals surface area contributed by atoms with Crippen molar-refractivity contribution in [3.05, 3.63) is 0 Å². The number of imide groups is 1. The van der Waals surface area contributed by atoms with Crippen LogP contribution in [0.3, 0.4) is 0 Å². The maximum absolute atomic E-state index is 12.7. The Morgan fingerprint density at radius 2 is 1.62 bits per heavy atom. The van der Waals surface area contributed by atoms with Crippen molar-refractivity contribution >= 4 is 22.0 Å². The molecule has 24 heavy (non-hydrogen) atoms. The molecule has 9 heteroatoms. The first-order valence-electron chi connectivity index (χ1n) is 8.51. The first kappa shape index (κ1) is 17.8. The molecule has 3 fully saturated rings. The maximum Gasteiger partial charge on any atom is 0.281 e. The van der Waals surface area contributed by atoms with Gasteiger partial charge in [0.2, 0.25) is 11.8 Å². The molecule has 136 valence electrons. The van der Waals surface area contributed by atoms with Gasteiger partial charge in [0.25, 0.3) is 10.2 Å². The van der Waals surface area contributed by atoms with Crippen LogP contribution in [0.1, 0.15) is 32.1 Å². The molecule has 2 aliphatic heterocycles. The summed E-state index contributed by atoms with van der Waals surface area (Å²) in [7, 11) is -0.362. The van der Waals surface area contributed by atoms with Crippen LogP contribution in [-0.4, -0.2) is 85.6 Å². The molecule has 1 spiro atoms.